The molecular formula is C61H58N4O20. The van der Waals surface area contributed by atoms with Gasteiger partial charge in [0.15, 0.2) is 51.6 Å². The SMILES string of the molecule is COc1cc(CNC(=O)c2ccc(O)cc2)ccc1O.COc1cc(CNC(=O)c2ccc(O)cc2O)ccc1O.COc1cc(CNC(=O)c2ccccc2O)ccc1O.COc1cc(Cn2c(=O)oc3cc(O)cc(O)c3c2=O)ccc1O. The fourth-order valence-corrected chi connectivity index (χ4v) is 7.71. The Labute approximate surface area is 483 Å². The van der Waals surface area contributed by atoms with E-state index in [9.17, 15) is 69.9 Å². The molecule has 13 N–H and O–H groups in total. The van der Waals surface area contributed by atoms with Crippen molar-refractivity contribution in [3.05, 3.63) is 212 Å². The van der Waals surface area contributed by atoms with Gasteiger partial charge in [-0.25, -0.2) is 9.36 Å². The lowest BCUT2D eigenvalue weighted by Gasteiger charge is -2.09. The number of phenols is 10. The molecule has 442 valence electrons. The van der Waals surface area contributed by atoms with Crippen molar-refractivity contribution in [3.8, 4) is 80.5 Å². The maximum atomic E-state index is 12.5. The molecule has 0 bridgehead atoms. The zero-order valence-electron chi connectivity index (χ0n) is 45.8. The molecule has 24 nitrogen and oxygen atoms in total. The van der Waals surface area contributed by atoms with E-state index in [-0.39, 0.29) is 111 Å². The van der Waals surface area contributed by atoms with Gasteiger partial charge in [-0.1, -0.05) is 36.4 Å². The summed E-state index contributed by atoms with van der Waals surface area (Å²) < 4.78 is 25.7. The van der Waals surface area contributed by atoms with Crippen molar-refractivity contribution in [2.24, 2.45) is 0 Å². The van der Waals surface area contributed by atoms with E-state index >= 15 is 0 Å². The molecule has 0 radical (unpaired) electrons. The second-order valence-electron chi connectivity index (χ2n) is 17.9. The van der Waals surface area contributed by atoms with Gasteiger partial charge in [0.05, 0.1) is 46.1 Å². The first-order chi connectivity index (χ1) is 40.6. The van der Waals surface area contributed by atoms with E-state index in [0.29, 0.717) is 34.9 Å². The average molecular weight is 1170 g/mol. The molecule has 0 aliphatic carbocycles. The summed E-state index contributed by atoms with van der Waals surface area (Å²) in [7, 11) is 5.74. The number of hydrogen-bond donors (Lipinski definition) is 13. The summed E-state index contributed by atoms with van der Waals surface area (Å²) in [6.07, 6.45) is 0. The number of hydrogen-bond acceptors (Lipinski definition) is 20. The number of aromatic nitrogens is 1. The van der Waals surface area contributed by atoms with Crippen LogP contribution >= 0.6 is 0 Å². The third-order valence-corrected chi connectivity index (χ3v) is 12.1. The van der Waals surface area contributed by atoms with Crippen LogP contribution in [0.2, 0.25) is 0 Å². The van der Waals surface area contributed by atoms with Crippen LogP contribution in [0, 0.1) is 0 Å². The minimum Gasteiger partial charge on any atom is -0.508 e. The summed E-state index contributed by atoms with van der Waals surface area (Å²) in [5, 5.41) is 103. The molecule has 0 aliphatic heterocycles. The van der Waals surface area contributed by atoms with Crippen LogP contribution in [0.5, 0.6) is 80.5 Å². The number of fused-ring (bicyclic) bond motifs is 1. The molecular weight excluding hydrogens is 1110 g/mol. The molecule has 8 aromatic carbocycles. The Morgan fingerprint density at radius 2 is 0.824 bits per heavy atom. The number of ether oxygens (including phenoxy) is 4. The van der Waals surface area contributed by atoms with Crippen molar-refractivity contribution in [2.75, 3.05) is 28.4 Å². The lowest BCUT2D eigenvalue weighted by atomic mass is 10.1. The minimum atomic E-state index is -0.940. The third-order valence-electron chi connectivity index (χ3n) is 12.1. The van der Waals surface area contributed by atoms with Crippen LogP contribution in [-0.2, 0) is 26.2 Å². The Hall–Kier alpha value is -11.7. The Bertz CT molecular complexity index is 3960. The Kier molecular flexibility index (Phi) is 21.4. The normalized spacial score (nSPS) is 10.3. The van der Waals surface area contributed by atoms with Crippen LogP contribution in [0.3, 0.4) is 0 Å². The topological polar surface area (TPSA) is 379 Å². The monoisotopic (exact) mass is 1170 g/mol. The smallest absolute Gasteiger partial charge is 0.422 e. The molecule has 3 amide bonds. The van der Waals surface area contributed by atoms with Gasteiger partial charge in [0.1, 0.15) is 39.9 Å². The highest BCUT2D eigenvalue weighted by molar-refractivity contribution is 5.97. The first-order valence-electron chi connectivity index (χ1n) is 25.1. The van der Waals surface area contributed by atoms with Crippen LogP contribution in [0.1, 0.15) is 53.3 Å². The van der Waals surface area contributed by atoms with Crippen molar-refractivity contribution >= 4 is 28.7 Å². The number of nitrogens with zero attached hydrogens (tertiary/aromatic N) is 1. The molecule has 0 unspecified atom stereocenters. The number of phenolic OH excluding ortho intramolecular Hbond substituents is 10. The molecule has 9 rings (SSSR count). The predicted octanol–water partition coefficient (Wildman–Crippen LogP) is 6.94. The number of nitrogens with one attached hydrogen (secondary N) is 3. The Balaban J connectivity index is 0.000000182. The van der Waals surface area contributed by atoms with Gasteiger partial charge in [0.2, 0.25) is 0 Å². The molecule has 0 aliphatic rings. The Morgan fingerprint density at radius 3 is 1.28 bits per heavy atom. The number of aromatic hydroxyl groups is 10. The largest absolute Gasteiger partial charge is 0.508 e. The van der Waals surface area contributed by atoms with Crippen LogP contribution in [0.25, 0.3) is 11.0 Å². The van der Waals surface area contributed by atoms with Gasteiger partial charge in [-0.15, -0.1) is 0 Å². The highest BCUT2D eigenvalue weighted by Crippen LogP contribution is 2.31. The minimum absolute atomic E-state index is 0.0174. The molecule has 1 heterocycles. The molecule has 24 heteroatoms. The van der Waals surface area contributed by atoms with E-state index < -0.39 is 23.0 Å². The first kappa shape index (κ1) is 62.5. The first-order valence-corrected chi connectivity index (χ1v) is 25.1. The van der Waals surface area contributed by atoms with Gasteiger partial charge in [-0.2, -0.15) is 0 Å². The van der Waals surface area contributed by atoms with Crippen LogP contribution in [0.15, 0.2) is 166 Å². The van der Waals surface area contributed by atoms with E-state index in [4.69, 9.17) is 28.5 Å². The molecule has 1 aromatic heterocycles. The molecule has 0 fully saturated rings. The zero-order valence-corrected chi connectivity index (χ0v) is 45.8. The van der Waals surface area contributed by atoms with Gasteiger partial charge in [-0.3, -0.25) is 19.2 Å². The number of carbonyl (C=O) groups is 3. The van der Waals surface area contributed by atoms with E-state index in [1.807, 2.05) is 0 Å². The molecule has 0 saturated carbocycles. The summed E-state index contributed by atoms with van der Waals surface area (Å²) in [6.45, 7) is 0.643. The van der Waals surface area contributed by atoms with Crippen molar-refractivity contribution in [1.29, 1.82) is 0 Å². The lowest BCUT2D eigenvalue weighted by Crippen LogP contribution is -2.32. The number of para-hydroxylation sites is 1. The van der Waals surface area contributed by atoms with Crippen molar-refractivity contribution in [1.82, 2.24) is 20.5 Å². The van der Waals surface area contributed by atoms with Crippen molar-refractivity contribution in [2.45, 2.75) is 26.2 Å². The number of amides is 3. The van der Waals surface area contributed by atoms with E-state index in [0.717, 1.165) is 39.5 Å². The van der Waals surface area contributed by atoms with Crippen molar-refractivity contribution < 1.29 is 88.8 Å². The molecule has 0 spiro atoms. The average Bonchev–Trinajstić information content (AvgIpc) is 3.26. The molecule has 85 heavy (non-hydrogen) atoms. The van der Waals surface area contributed by atoms with Gasteiger partial charge < -0.3 is 90.4 Å². The third kappa shape index (κ3) is 16.9. The van der Waals surface area contributed by atoms with Gasteiger partial charge in [0.25, 0.3) is 23.3 Å². The maximum Gasteiger partial charge on any atom is 0.422 e. The quantitative estimate of drug-likeness (QED) is 0.0494. The summed E-state index contributed by atoms with van der Waals surface area (Å²) in [5.74, 6) is -1.94. The van der Waals surface area contributed by atoms with Crippen LogP contribution in [0.4, 0.5) is 0 Å². The highest BCUT2D eigenvalue weighted by atomic mass is 16.5. The van der Waals surface area contributed by atoms with E-state index in [1.54, 1.807) is 66.7 Å². The lowest BCUT2D eigenvalue weighted by molar-refractivity contribution is 0.0939. The number of carbonyl (C=O) groups excluding carboxylic acids is 3. The number of benzene rings is 8. The van der Waals surface area contributed by atoms with Gasteiger partial charge >= 0.3 is 5.76 Å². The van der Waals surface area contributed by atoms with Crippen LogP contribution in [-0.4, -0.2) is 102 Å². The summed E-state index contributed by atoms with van der Waals surface area (Å²) in [4.78, 5) is 60.3. The zero-order chi connectivity index (χ0) is 61.9. The van der Waals surface area contributed by atoms with Gasteiger partial charge in [-0.05, 0) is 119 Å². The fraction of sp³-hybridized carbons (Fsp3) is 0.131. The Morgan fingerprint density at radius 1 is 0.412 bits per heavy atom. The van der Waals surface area contributed by atoms with Gasteiger partial charge in [0, 0.05) is 43.4 Å². The molecule has 0 atom stereocenters. The molecule has 9 aromatic rings. The van der Waals surface area contributed by atoms with Crippen molar-refractivity contribution in [3.63, 3.8) is 0 Å². The van der Waals surface area contributed by atoms with Crippen LogP contribution < -0.4 is 46.2 Å². The second kappa shape index (κ2) is 29.2. The summed E-state index contributed by atoms with van der Waals surface area (Å²) >= 11 is 0. The van der Waals surface area contributed by atoms with E-state index in [2.05, 4.69) is 16.0 Å². The summed E-state index contributed by atoms with van der Waals surface area (Å²) in [6, 6.07) is 36.9. The second-order valence-corrected chi connectivity index (χ2v) is 17.9. The maximum absolute atomic E-state index is 12.5. The fourth-order valence-electron chi connectivity index (χ4n) is 7.71. The van der Waals surface area contributed by atoms with E-state index in [1.165, 1.54) is 95.2 Å². The summed E-state index contributed by atoms with van der Waals surface area (Å²) in [5.41, 5.74) is 2.63. The predicted molar refractivity (Wildman–Crippen MR) is 307 cm³/mol. The standard InChI is InChI=1S/C16H13NO7.C15H15NO5.2C15H15NO4/c1-23-12-4-8(2-3-10(12)19)7-17-15(21)14-11(20)5-9(18)6-13(14)24-16(17)22;1-21-14-6-9(2-5-12(14)18)8-16-15(20)11-4-3-10(17)7-13(11)19;1-20-14-8-10(2-7-13(14)18)9-16-15(19)11-3-5-12(17)6-4-11;1-20-14-8-10(6-7-13(14)18)9-16-15(19)11-4-2-3-5-12(11)17/h2-6,18-20H,7H2,1H3;2-7,17-19H,8H2,1H3,(H,16,20);2*2-8,17-18H,9H2,1H3,(H,16,19). The highest BCUT2D eigenvalue weighted by Gasteiger charge is 2.17. The molecule has 0 saturated heterocycles. The number of rotatable bonds is 15. The number of methoxy groups -OCH3 is 4.